The van der Waals surface area contributed by atoms with Gasteiger partial charge in [-0.3, -0.25) is 0 Å². The van der Waals surface area contributed by atoms with Crippen LogP contribution in [0.3, 0.4) is 0 Å². The topological polar surface area (TPSA) is 44.5 Å². The van der Waals surface area contributed by atoms with Crippen molar-refractivity contribution in [3.05, 3.63) is 35.9 Å². The molecule has 0 spiro atoms. The van der Waals surface area contributed by atoms with E-state index >= 15 is 0 Å². The maximum atomic E-state index is 6.10. The SMILES string of the molecule is C=C(C)C[C@H](N)c1cc(OC)ccc1OC.Cl. The summed E-state index contributed by atoms with van der Waals surface area (Å²) in [4.78, 5) is 0. The molecule has 0 bridgehead atoms. The third kappa shape index (κ3) is 4.29. The Balaban J connectivity index is 0.00000256. The van der Waals surface area contributed by atoms with Crippen LogP contribution in [0.15, 0.2) is 30.4 Å². The van der Waals surface area contributed by atoms with Crippen LogP contribution in [0, 0.1) is 0 Å². The standard InChI is InChI=1S/C13H19NO2.ClH/c1-9(2)7-12(14)11-8-10(15-3)5-6-13(11)16-4;/h5-6,8,12H,1,7,14H2,2-4H3;1H/t12-;/m0./s1. The summed E-state index contributed by atoms with van der Waals surface area (Å²) in [5.74, 6) is 1.57. The Morgan fingerprint density at radius 3 is 2.47 bits per heavy atom. The molecule has 0 aliphatic carbocycles. The van der Waals surface area contributed by atoms with Crippen LogP contribution in [0.25, 0.3) is 0 Å². The molecule has 0 heterocycles. The molecule has 17 heavy (non-hydrogen) atoms. The molecule has 1 atom stereocenters. The van der Waals surface area contributed by atoms with Crippen LogP contribution in [-0.4, -0.2) is 14.2 Å². The minimum atomic E-state index is -0.109. The first kappa shape index (κ1) is 15.8. The molecular formula is C13H20ClNO2. The van der Waals surface area contributed by atoms with Crippen molar-refractivity contribution in [3.63, 3.8) is 0 Å². The van der Waals surface area contributed by atoms with E-state index in [2.05, 4.69) is 6.58 Å². The molecule has 2 N–H and O–H groups in total. The van der Waals surface area contributed by atoms with E-state index in [0.29, 0.717) is 0 Å². The minimum Gasteiger partial charge on any atom is -0.497 e. The van der Waals surface area contributed by atoms with Gasteiger partial charge in [0.15, 0.2) is 0 Å². The van der Waals surface area contributed by atoms with Crippen LogP contribution in [0.4, 0.5) is 0 Å². The van der Waals surface area contributed by atoms with Gasteiger partial charge in [0, 0.05) is 11.6 Å². The second kappa shape index (κ2) is 7.20. The summed E-state index contributed by atoms with van der Waals surface area (Å²) >= 11 is 0. The first-order chi connectivity index (χ1) is 7.58. The van der Waals surface area contributed by atoms with E-state index in [-0.39, 0.29) is 18.4 Å². The van der Waals surface area contributed by atoms with E-state index in [9.17, 15) is 0 Å². The van der Waals surface area contributed by atoms with Crippen molar-refractivity contribution in [2.75, 3.05) is 14.2 Å². The van der Waals surface area contributed by atoms with E-state index in [1.807, 2.05) is 25.1 Å². The van der Waals surface area contributed by atoms with Crippen molar-refractivity contribution in [2.45, 2.75) is 19.4 Å². The lowest BCUT2D eigenvalue weighted by atomic mass is 10.00. The summed E-state index contributed by atoms with van der Waals surface area (Å²) in [6.45, 7) is 5.83. The number of halogens is 1. The minimum absolute atomic E-state index is 0. The molecule has 1 aromatic rings. The highest BCUT2D eigenvalue weighted by Crippen LogP contribution is 2.30. The fourth-order valence-corrected chi connectivity index (χ4v) is 1.61. The molecule has 3 nitrogen and oxygen atoms in total. The third-order valence-corrected chi connectivity index (χ3v) is 2.40. The zero-order valence-corrected chi connectivity index (χ0v) is 11.3. The lowest BCUT2D eigenvalue weighted by Crippen LogP contribution is -2.12. The van der Waals surface area contributed by atoms with E-state index < -0.39 is 0 Å². The highest BCUT2D eigenvalue weighted by molar-refractivity contribution is 5.85. The number of rotatable bonds is 5. The van der Waals surface area contributed by atoms with Crippen molar-refractivity contribution in [1.29, 1.82) is 0 Å². The second-order valence-electron chi connectivity index (χ2n) is 3.88. The predicted octanol–water partition coefficient (Wildman–Crippen LogP) is 3.09. The summed E-state index contributed by atoms with van der Waals surface area (Å²) < 4.78 is 10.5. The summed E-state index contributed by atoms with van der Waals surface area (Å²) in [7, 11) is 3.27. The van der Waals surface area contributed by atoms with Gasteiger partial charge in [0.25, 0.3) is 0 Å². The Bertz CT molecular complexity index is 380. The van der Waals surface area contributed by atoms with E-state index in [1.165, 1.54) is 0 Å². The Morgan fingerprint density at radius 2 is 2.00 bits per heavy atom. The van der Waals surface area contributed by atoms with Crippen LogP contribution >= 0.6 is 12.4 Å². The molecule has 0 aromatic heterocycles. The first-order valence-electron chi connectivity index (χ1n) is 5.20. The van der Waals surface area contributed by atoms with Crippen molar-refractivity contribution >= 4 is 12.4 Å². The number of ether oxygens (including phenoxy) is 2. The summed E-state index contributed by atoms with van der Waals surface area (Å²) in [5, 5.41) is 0. The molecule has 1 rings (SSSR count). The van der Waals surface area contributed by atoms with Crippen LogP contribution in [0.5, 0.6) is 11.5 Å². The fraction of sp³-hybridized carbons (Fsp3) is 0.385. The summed E-state index contributed by atoms with van der Waals surface area (Å²) in [6.07, 6.45) is 0.740. The predicted molar refractivity (Wildman–Crippen MR) is 73.2 cm³/mol. The highest BCUT2D eigenvalue weighted by Gasteiger charge is 2.13. The lowest BCUT2D eigenvalue weighted by Gasteiger charge is -2.16. The highest BCUT2D eigenvalue weighted by atomic mass is 35.5. The third-order valence-electron chi connectivity index (χ3n) is 2.40. The lowest BCUT2D eigenvalue weighted by molar-refractivity contribution is 0.395. The first-order valence-corrected chi connectivity index (χ1v) is 5.20. The number of hydrogen-bond donors (Lipinski definition) is 1. The van der Waals surface area contributed by atoms with Gasteiger partial charge in [0.05, 0.1) is 14.2 Å². The maximum absolute atomic E-state index is 6.10. The molecule has 1 aromatic carbocycles. The molecule has 0 aliphatic rings. The van der Waals surface area contributed by atoms with Gasteiger partial charge in [-0.2, -0.15) is 0 Å². The van der Waals surface area contributed by atoms with Crippen molar-refractivity contribution < 1.29 is 9.47 Å². The zero-order valence-electron chi connectivity index (χ0n) is 10.5. The average Bonchev–Trinajstić information content (AvgIpc) is 2.27. The Hall–Kier alpha value is -1.19. The average molecular weight is 258 g/mol. The van der Waals surface area contributed by atoms with Gasteiger partial charge in [0.2, 0.25) is 0 Å². The quantitative estimate of drug-likeness (QED) is 0.825. The molecule has 0 radical (unpaired) electrons. The van der Waals surface area contributed by atoms with Gasteiger partial charge in [-0.15, -0.1) is 19.0 Å². The monoisotopic (exact) mass is 257 g/mol. The van der Waals surface area contributed by atoms with Gasteiger partial charge < -0.3 is 15.2 Å². The molecule has 4 heteroatoms. The molecule has 0 amide bonds. The number of benzene rings is 1. The van der Waals surface area contributed by atoms with Crippen LogP contribution in [-0.2, 0) is 0 Å². The Kier molecular flexibility index (Phi) is 6.69. The Labute approximate surface area is 109 Å². The van der Waals surface area contributed by atoms with Gasteiger partial charge in [-0.1, -0.05) is 5.57 Å². The van der Waals surface area contributed by atoms with Crippen molar-refractivity contribution in [2.24, 2.45) is 5.73 Å². The van der Waals surface area contributed by atoms with Gasteiger partial charge in [0.1, 0.15) is 11.5 Å². The van der Waals surface area contributed by atoms with Crippen LogP contribution in [0.2, 0.25) is 0 Å². The zero-order chi connectivity index (χ0) is 12.1. The molecule has 0 fully saturated rings. The van der Waals surface area contributed by atoms with Crippen LogP contribution < -0.4 is 15.2 Å². The summed E-state index contributed by atoms with van der Waals surface area (Å²) in [5.41, 5.74) is 8.10. The maximum Gasteiger partial charge on any atom is 0.123 e. The molecule has 0 unspecified atom stereocenters. The van der Waals surface area contributed by atoms with Crippen molar-refractivity contribution in [1.82, 2.24) is 0 Å². The van der Waals surface area contributed by atoms with E-state index in [4.69, 9.17) is 15.2 Å². The van der Waals surface area contributed by atoms with Gasteiger partial charge in [-0.25, -0.2) is 0 Å². The van der Waals surface area contributed by atoms with Gasteiger partial charge >= 0.3 is 0 Å². The van der Waals surface area contributed by atoms with Crippen LogP contribution in [0.1, 0.15) is 24.9 Å². The molecular weight excluding hydrogens is 238 g/mol. The normalized spacial score (nSPS) is 11.3. The molecule has 96 valence electrons. The number of hydrogen-bond acceptors (Lipinski definition) is 3. The number of methoxy groups -OCH3 is 2. The molecule has 0 saturated heterocycles. The molecule has 0 saturated carbocycles. The second-order valence-corrected chi connectivity index (χ2v) is 3.88. The van der Waals surface area contributed by atoms with E-state index in [1.54, 1.807) is 14.2 Å². The van der Waals surface area contributed by atoms with E-state index in [0.717, 1.165) is 29.1 Å². The number of nitrogens with two attached hydrogens (primary N) is 1. The summed E-state index contributed by atoms with van der Waals surface area (Å²) in [6, 6.07) is 5.52. The smallest absolute Gasteiger partial charge is 0.123 e. The Morgan fingerprint density at radius 1 is 1.35 bits per heavy atom. The molecule has 0 aliphatic heterocycles. The van der Waals surface area contributed by atoms with Crippen molar-refractivity contribution in [3.8, 4) is 11.5 Å². The largest absolute Gasteiger partial charge is 0.497 e. The fourth-order valence-electron chi connectivity index (χ4n) is 1.61. The van der Waals surface area contributed by atoms with Gasteiger partial charge in [-0.05, 0) is 31.5 Å².